The Hall–Kier alpha value is -1.10. The number of nitrogens with one attached hydrogen (secondary N) is 2. The third-order valence-electron chi connectivity index (χ3n) is 3.08. The summed E-state index contributed by atoms with van der Waals surface area (Å²) in [6.07, 6.45) is 1.85. The second-order valence-corrected chi connectivity index (χ2v) is 4.30. The van der Waals surface area contributed by atoms with E-state index < -0.39 is 12.1 Å². The highest BCUT2D eigenvalue weighted by Gasteiger charge is 2.35. The van der Waals surface area contributed by atoms with Gasteiger partial charge in [-0.15, -0.1) is 0 Å². The number of aliphatic hydroxyl groups is 1. The standard InChI is InChI=1S/C11H20N2O3/c1-3-7(2)9-11(16)12-8(5-4-6-14)10(15)13-9/h7-9,14H,3-6H2,1-2H3,(H,12,16)(H,13,15). The highest BCUT2D eigenvalue weighted by molar-refractivity contribution is 5.97. The van der Waals surface area contributed by atoms with E-state index in [0.717, 1.165) is 6.42 Å². The molecule has 0 aromatic carbocycles. The fraction of sp³-hybridized carbons (Fsp3) is 0.818. The normalized spacial score (nSPS) is 27.2. The average Bonchev–Trinajstić information content (AvgIpc) is 2.28. The summed E-state index contributed by atoms with van der Waals surface area (Å²) in [5, 5.41) is 14.1. The van der Waals surface area contributed by atoms with Gasteiger partial charge in [0.1, 0.15) is 12.1 Å². The lowest BCUT2D eigenvalue weighted by molar-refractivity contribution is -0.138. The van der Waals surface area contributed by atoms with Gasteiger partial charge in [-0.3, -0.25) is 9.59 Å². The first-order valence-electron chi connectivity index (χ1n) is 5.81. The Morgan fingerprint density at radius 1 is 1.31 bits per heavy atom. The molecule has 5 nitrogen and oxygen atoms in total. The summed E-state index contributed by atoms with van der Waals surface area (Å²) >= 11 is 0. The molecule has 1 aliphatic rings. The number of carbonyl (C=O) groups excluding carboxylic acids is 2. The summed E-state index contributed by atoms with van der Waals surface area (Å²) in [6, 6.07) is -0.900. The Kier molecular flexibility index (Phi) is 4.73. The zero-order valence-corrected chi connectivity index (χ0v) is 9.82. The summed E-state index contributed by atoms with van der Waals surface area (Å²) in [7, 11) is 0. The van der Waals surface area contributed by atoms with Crippen LogP contribution in [0, 0.1) is 5.92 Å². The Labute approximate surface area is 95.6 Å². The highest BCUT2D eigenvalue weighted by Crippen LogP contribution is 2.12. The van der Waals surface area contributed by atoms with E-state index >= 15 is 0 Å². The van der Waals surface area contributed by atoms with Gasteiger partial charge in [-0.25, -0.2) is 0 Å². The van der Waals surface area contributed by atoms with Gasteiger partial charge in [-0.05, 0) is 18.8 Å². The first-order chi connectivity index (χ1) is 7.60. The Morgan fingerprint density at radius 3 is 2.56 bits per heavy atom. The van der Waals surface area contributed by atoms with Crippen molar-refractivity contribution in [3.63, 3.8) is 0 Å². The van der Waals surface area contributed by atoms with E-state index in [1.807, 2.05) is 13.8 Å². The quantitative estimate of drug-likeness (QED) is 0.609. The number of hydrogen-bond donors (Lipinski definition) is 3. The van der Waals surface area contributed by atoms with Crippen molar-refractivity contribution in [3.05, 3.63) is 0 Å². The van der Waals surface area contributed by atoms with Crippen LogP contribution in [0.4, 0.5) is 0 Å². The third kappa shape index (κ3) is 2.95. The van der Waals surface area contributed by atoms with E-state index in [9.17, 15) is 9.59 Å². The Morgan fingerprint density at radius 2 is 2.00 bits per heavy atom. The van der Waals surface area contributed by atoms with Crippen molar-refractivity contribution in [1.29, 1.82) is 0 Å². The van der Waals surface area contributed by atoms with Crippen LogP contribution in [0.3, 0.4) is 0 Å². The molecule has 0 bridgehead atoms. The molecule has 0 saturated carbocycles. The molecule has 1 rings (SSSR count). The molecule has 0 radical (unpaired) electrons. The third-order valence-corrected chi connectivity index (χ3v) is 3.08. The predicted octanol–water partition coefficient (Wildman–Crippen LogP) is -0.212. The second-order valence-electron chi connectivity index (χ2n) is 4.30. The monoisotopic (exact) mass is 228 g/mol. The van der Waals surface area contributed by atoms with Crippen LogP contribution in [-0.4, -0.2) is 35.6 Å². The van der Waals surface area contributed by atoms with Gasteiger partial charge in [0.05, 0.1) is 0 Å². The van der Waals surface area contributed by atoms with E-state index in [-0.39, 0.29) is 24.3 Å². The molecule has 0 spiro atoms. The minimum absolute atomic E-state index is 0.0362. The lowest BCUT2D eigenvalue weighted by atomic mass is 9.95. The van der Waals surface area contributed by atoms with Crippen molar-refractivity contribution < 1.29 is 14.7 Å². The summed E-state index contributed by atoms with van der Waals surface area (Å²) < 4.78 is 0. The van der Waals surface area contributed by atoms with Crippen LogP contribution >= 0.6 is 0 Å². The molecule has 1 aliphatic heterocycles. The van der Waals surface area contributed by atoms with Crippen molar-refractivity contribution >= 4 is 11.8 Å². The molecule has 3 unspecified atom stereocenters. The van der Waals surface area contributed by atoms with Gasteiger partial charge in [-0.2, -0.15) is 0 Å². The fourth-order valence-corrected chi connectivity index (χ4v) is 1.78. The number of hydrogen-bond acceptors (Lipinski definition) is 3. The molecule has 92 valence electrons. The fourth-order valence-electron chi connectivity index (χ4n) is 1.78. The van der Waals surface area contributed by atoms with Gasteiger partial charge in [0.15, 0.2) is 0 Å². The number of piperazine rings is 1. The lowest BCUT2D eigenvalue weighted by Crippen LogP contribution is -2.63. The number of amides is 2. The van der Waals surface area contributed by atoms with E-state index in [0.29, 0.717) is 12.8 Å². The van der Waals surface area contributed by atoms with Crippen molar-refractivity contribution in [1.82, 2.24) is 10.6 Å². The van der Waals surface area contributed by atoms with Gasteiger partial charge in [-0.1, -0.05) is 20.3 Å². The number of rotatable bonds is 5. The molecule has 2 amide bonds. The largest absolute Gasteiger partial charge is 0.396 e. The van der Waals surface area contributed by atoms with Gasteiger partial charge in [0, 0.05) is 6.61 Å². The Balaban J connectivity index is 2.56. The molecule has 16 heavy (non-hydrogen) atoms. The summed E-state index contributed by atoms with van der Waals surface area (Å²) in [6.45, 7) is 3.97. The second kappa shape index (κ2) is 5.84. The van der Waals surface area contributed by atoms with E-state index in [2.05, 4.69) is 10.6 Å². The first-order valence-corrected chi connectivity index (χ1v) is 5.81. The first kappa shape index (κ1) is 13.0. The maximum Gasteiger partial charge on any atom is 0.243 e. The van der Waals surface area contributed by atoms with Crippen LogP contribution < -0.4 is 10.6 Å². The predicted molar refractivity (Wildman–Crippen MR) is 59.6 cm³/mol. The van der Waals surface area contributed by atoms with Crippen LogP contribution in [0.15, 0.2) is 0 Å². The van der Waals surface area contributed by atoms with Gasteiger partial charge in [0.25, 0.3) is 0 Å². The summed E-state index contributed by atoms with van der Waals surface area (Å²) in [5.74, 6) is -0.113. The highest BCUT2D eigenvalue weighted by atomic mass is 16.3. The smallest absolute Gasteiger partial charge is 0.243 e. The molecule has 0 aliphatic carbocycles. The minimum atomic E-state index is -0.486. The molecule has 0 aromatic heterocycles. The number of aliphatic hydroxyl groups excluding tert-OH is 1. The maximum atomic E-state index is 11.7. The molecule has 0 aromatic rings. The topological polar surface area (TPSA) is 78.4 Å². The number of carbonyl (C=O) groups is 2. The van der Waals surface area contributed by atoms with Gasteiger partial charge < -0.3 is 15.7 Å². The zero-order chi connectivity index (χ0) is 12.1. The zero-order valence-electron chi connectivity index (χ0n) is 9.82. The molecular weight excluding hydrogens is 208 g/mol. The molecule has 1 saturated heterocycles. The summed E-state index contributed by atoms with van der Waals surface area (Å²) in [5.41, 5.74) is 0. The van der Waals surface area contributed by atoms with Crippen LogP contribution in [0.2, 0.25) is 0 Å². The van der Waals surface area contributed by atoms with Crippen molar-refractivity contribution in [2.75, 3.05) is 6.61 Å². The Bertz CT molecular complexity index is 268. The van der Waals surface area contributed by atoms with Crippen LogP contribution in [0.5, 0.6) is 0 Å². The molecule has 1 heterocycles. The van der Waals surface area contributed by atoms with Crippen molar-refractivity contribution in [2.24, 2.45) is 5.92 Å². The summed E-state index contributed by atoms with van der Waals surface area (Å²) in [4.78, 5) is 23.4. The van der Waals surface area contributed by atoms with Crippen molar-refractivity contribution in [3.8, 4) is 0 Å². The van der Waals surface area contributed by atoms with Crippen LogP contribution in [-0.2, 0) is 9.59 Å². The van der Waals surface area contributed by atoms with Crippen LogP contribution in [0.25, 0.3) is 0 Å². The molecule has 1 fully saturated rings. The SMILES string of the molecule is CCC(C)C1NC(=O)C(CCCO)NC1=O. The molecule has 3 N–H and O–H groups in total. The average molecular weight is 228 g/mol. The maximum absolute atomic E-state index is 11.7. The minimum Gasteiger partial charge on any atom is -0.396 e. The molecule has 3 atom stereocenters. The molecular formula is C11H20N2O3. The van der Waals surface area contributed by atoms with E-state index in [1.165, 1.54) is 0 Å². The van der Waals surface area contributed by atoms with Crippen LogP contribution in [0.1, 0.15) is 33.1 Å². The van der Waals surface area contributed by atoms with Gasteiger partial charge >= 0.3 is 0 Å². The molecule has 5 heteroatoms. The lowest BCUT2D eigenvalue weighted by Gasteiger charge is -2.32. The van der Waals surface area contributed by atoms with E-state index in [4.69, 9.17) is 5.11 Å². The van der Waals surface area contributed by atoms with Gasteiger partial charge in [0.2, 0.25) is 11.8 Å². The van der Waals surface area contributed by atoms with Crippen molar-refractivity contribution in [2.45, 2.75) is 45.2 Å². The van der Waals surface area contributed by atoms with E-state index in [1.54, 1.807) is 0 Å².